The Balaban J connectivity index is 1.73. The molecule has 8 heteroatoms. The molecule has 132 valence electrons. The number of carbonyl (C=O) groups excluding carboxylic acids is 2. The summed E-state index contributed by atoms with van der Waals surface area (Å²) in [5.41, 5.74) is 0.494. The number of halogens is 2. The predicted octanol–water partition coefficient (Wildman–Crippen LogP) is 3.14. The number of ether oxygens (including phenoxy) is 1. The first kappa shape index (κ1) is 18.8. The van der Waals surface area contributed by atoms with Gasteiger partial charge in [-0.3, -0.25) is 4.79 Å². The van der Waals surface area contributed by atoms with Gasteiger partial charge < -0.3 is 20.3 Å². The molecule has 1 aliphatic rings. The third kappa shape index (κ3) is 5.54. The summed E-state index contributed by atoms with van der Waals surface area (Å²) >= 11 is 11.9. The molecule has 0 bridgehead atoms. The number of hydrogen-bond acceptors (Lipinski definition) is 4. The van der Waals surface area contributed by atoms with Crippen molar-refractivity contribution in [3.05, 3.63) is 28.2 Å². The van der Waals surface area contributed by atoms with Crippen LogP contribution in [0, 0.1) is 0 Å². The van der Waals surface area contributed by atoms with E-state index in [9.17, 15) is 9.59 Å². The molecule has 1 aromatic rings. The van der Waals surface area contributed by atoms with Crippen molar-refractivity contribution in [1.29, 1.82) is 0 Å². The fraction of sp³-hybridized carbons (Fsp3) is 0.500. The number of carbonyl (C=O) groups is 2. The first-order valence-corrected chi connectivity index (χ1v) is 8.65. The van der Waals surface area contributed by atoms with Crippen LogP contribution in [0.4, 0.5) is 10.5 Å². The summed E-state index contributed by atoms with van der Waals surface area (Å²) in [5, 5.41) is 6.88. The molecule has 0 saturated carbocycles. The Bertz CT molecular complexity index is 590. The highest BCUT2D eigenvalue weighted by Crippen LogP contribution is 2.25. The summed E-state index contributed by atoms with van der Waals surface area (Å²) in [4.78, 5) is 25.3. The zero-order valence-electron chi connectivity index (χ0n) is 13.5. The van der Waals surface area contributed by atoms with Gasteiger partial charge in [-0.05, 0) is 38.0 Å². The Morgan fingerprint density at radius 1 is 1.29 bits per heavy atom. The zero-order chi connectivity index (χ0) is 17.5. The zero-order valence-corrected chi connectivity index (χ0v) is 15.0. The van der Waals surface area contributed by atoms with Crippen molar-refractivity contribution in [3.63, 3.8) is 0 Å². The van der Waals surface area contributed by atoms with Crippen molar-refractivity contribution >= 4 is 40.9 Å². The highest BCUT2D eigenvalue weighted by Gasteiger charge is 2.23. The van der Waals surface area contributed by atoms with Crippen LogP contribution in [-0.2, 0) is 9.53 Å². The normalized spacial score (nSPS) is 15.2. The Kier molecular flexibility index (Phi) is 7.15. The summed E-state index contributed by atoms with van der Waals surface area (Å²) in [6, 6.07) is 5.10. The molecular formula is C16H21Cl2N3O3. The Hall–Kier alpha value is -1.50. The minimum atomic E-state index is -0.274. The lowest BCUT2D eigenvalue weighted by Crippen LogP contribution is -2.46. The predicted molar refractivity (Wildman–Crippen MR) is 94.7 cm³/mol. The maximum atomic E-state index is 12.0. The molecule has 0 radical (unpaired) electrons. The minimum Gasteiger partial charge on any atom is -0.450 e. The van der Waals surface area contributed by atoms with Gasteiger partial charge >= 0.3 is 6.09 Å². The van der Waals surface area contributed by atoms with Gasteiger partial charge in [-0.15, -0.1) is 0 Å². The van der Waals surface area contributed by atoms with Crippen LogP contribution >= 0.6 is 23.2 Å². The van der Waals surface area contributed by atoms with Gasteiger partial charge in [0.2, 0.25) is 5.91 Å². The van der Waals surface area contributed by atoms with Crippen LogP contribution < -0.4 is 10.6 Å². The Morgan fingerprint density at radius 2 is 2.00 bits per heavy atom. The molecule has 1 heterocycles. The van der Waals surface area contributed by atoms with Crippen molar-refractivity contribution in [2.45, 2.75) is 25.8 Å². The van der Waals surface area contributed by atoms with E-state index >= 15 is 0 Å². The summed E-state index contributed by atoms with van der Waals surface area (Å²) < 4.78 is 4.98. The van der Waals surface area contributed by atoms with Gasteiger partial charge in [-0.1, -0.05) is 23.2 Å². The molecule has 1 fully saturated rings. The van der Waals surface area contributed by atoms with E-state index in [0.29, 0.717) is 35.4 Å². The Morgan fingerprint density at radius 3 is 2.67 bits per heavy atom. The third-order valence-corrected chi connectivity index (χ3v) is 4.34. The lowest BCUT2D eigenvalue weighted by Gasteiger charge is -2.31. The first-order chi connectivity index (χ1) is 11.5. The summed E-state index contributed by atoms with van der Waals surface area (Å²) in [6.45, 7) is 3.59. The summed E-state index contributed by atoms with van der Waals surface area (Å²) in [5.74, 6) is -0.188. The van der Waals surface area contributed by atoms with Gasteiger partial charge in [0.05, 0.1) is 23.9 Å². The van der Waals surface area contributed by atoms with Crippen molar-refractivity contribution in [2.75, 3.05) is 31.6 Å². The van der Waals surface area contributed by atoms with Crippen LogP contribution in [0.2, 0.25) is 10.0 Å². The highest BCUT2D eigenvalue weighted by molar-refractivity contribution is 6.35. The quantitative estimate of drug-likeness (QED) is 0.831. The lowest BCUT2D eigenvalue weighted by atomic mass is 10.1. The fourth-order valence-corrected chi connectivity index (χ4v) is 2.84. The van der Waals surface area contributed by atoms with Crippen LogP contribution in [0.3, 0.4) is 0 Å². The van der Waals surface area contributed by atoms with Crippen LogP contribution in [0.15, 0.2) is 18.2 Å². The summed E-state index contributed by atoms with van der Waals surface area (Å²) in [7, 11) is 0. The van der Waals surface area contributed by atoms with Crippen LogP contribution in [0.5, 0.6) is 0 Å². The molecule has 0 aliphatic carbocycles. The van der Waals surface area contributed by atoms with E-state index in [1.165, 1.54) is 0 Å². The average molecular weight is 374 g/mol. The molecule has 2 N–H and O–H groups in total. The van der Waals surface area contributed by atoms with Gasteiger partial charge in [-0.25, -0.2) is 4.79 Å². The third-order valence-electron chi connectivity index (χ3n) is 3.77. The van der Waals surface area contributed by atoms with E-state index in [1.54, 1.807) is 30.0 Å². The molecular weight excluding hydrogens is 353 g/mol. The van der Waals surface area contributed by atoms with Gasteiger partial charge in [-0.2, -0.15) is 0 Å². The largest absolute Gasteiger partial charge is 0.450 e. The SMILES string of the molecule is CCOC(=O)N1CCC(NCC(=O)Nc2cc(Cl)ccc2Cl)CC1. The molecule has 0 aromatic heterocycles. The minimum absolute atomic E-state index is 0.174. The smallest absolute Gasteiger partial charge is 0.409 e. The Labute approximate surface area is 151 Å². The number of benzene rings is 1. The van der Waals surface area contributed by atoms with E-state index in [4.69, 9.17) is 27.9 Å². The van der Waals surface area contributed by atoms with Crippen molar-refractivity contribution in [2.24, 2.45) is 0 Å². The van der Waals surface area contributed by atoms with Crippen molar-refractivity contribution in [3.8, 4) is 0 Å². The van der Waals surface area contributed by atoms with Crippen molar-refractivity contribution in [1.82, 2.24) is 10.2 Å². The van der Waals surface area contributed by atoms with E-state index in [-0.39, 0.29) is 24.6 Å². The number of likely N-dealkylation sites (tertiary alicyclic amines) is 1. The van der Waals surface area contributed by atoms with Gasteiger partial charge in [0.1, 0.15) is 0 Å². The van der Waals surface area contributed by atoms with E-state index in [1.807, 2.05) is 0 Å². The van der Waals surface area contributed by atoms with Gasteiger partial charge in [0.15, 0.2) is 0 Å². The van der Waals surface area contributed by atoms with E-state index < -0.39 is 0 Å². The average Bonchev–Trinajstić information content (AvgIpc) is 2.57. The standard InChI is InChI=1S/C16H21Cl2N3O3/c1-2-24-16(23)21-7-5-12(6-8-21)19-10-15(22)20-14-9-11(17)3-4-13(14)18/h3-4,9,12,19H,2,5-8,10H2,1H3,(H,20,22). The molecule has 0 unspecified atom stereocenters. The molecule has 1 aliphatic heterocycles. The van der Waals surface area contributed by atoms with Crippen molar-refractivity contribution < 1.29 is 14.3 Å². The second kappa shape index (κ2) is 9.11. The lowest BCUT2D eigenvalue weighted by molar-refractivity contribution is -0.115. The van der Waals surface area contributed by atoms with Crippen LogP contribution in [0.1, 0.15) is 19.8 Å². The first-order valence-electron chi connectivity index (χ1n) is 7.89. The number of nitrogens with one attached hydrogen (secondary N) is 2. The highest BCUT2D eigenvalue weighted by atomic mass is 35.5. The molecule has 1 aromatic carbocycles. The van der Waals surface area contributed by atoms with Crippen LogP contribution in [-0.4, -0.2) is 49.2 Å². The van der Waals surface area contributed by atoms with E-state index in [2.05, 4.69) is 10.6 Å². The number of rotatable bonds is 5. The number of hydrogen-bond donors (Lipinski definition) is 2. The fourth-order valence-electron chi connectivity index (χ4n) is 2.51. The molecule has 2 amide bonds. The molecule has 0 atom stereocenters. The van der Waals surface area contributed by atoms with E-state index in [0.717, 1.165) is 12.8 Å². The molecule has 2 rings (SSSR count). The second-order valence-electron chi connectivity index (χ2n) is 5.51. The summed E-state index contributed by atoms with van der Waals surface area (Å²) in [6.07, 6.45) is 1.29. The monoisotopic (exact) mass is 373 g/mol. The number of amides is 2. The number of nitrogens with zero attached hydrogens (tertiary/aromatic N) is 1. The molecule has 1 saturated heterocycles. The van der Waals surface area contributed by atoms with Crippen LogP contribution in [0.25, 0.3) is 0 Å². The molecule has 6 nitrogen and oxygen atoms in total. The number of piperidine rings is 1. The topological polar surface area (TPSA) is 70.7 Å². The maximum absolute atomic E-state index is 12.0. The maximum Gasteiger partial charge on any atom is 0.409 e. The molecule has 24 heavy (non-hydrogen) atoms. The second-order valence-corrected chi connectivity index (χ2v) is 6.36. The van der Waals surface area contributed by atoms with Gasteiger partial charge in [0, 0.05) is 24.2 Å². The molecule has 0 spiro atoms. The number of anilines is 1. The van der Waals surface area contributed by atoms with Gasteiger partial charge in [0.25, 0.3) is 0 Å².